The molecule has 1 saturated heterocycles. The molecule has 23 heavy (non-hydrogen) atoms. The Morgan fingerprint density at radius 2 is 1.87 bits per heavy atom. The highest BCUT2D eigenvalue weighted by molar-refractivity contribution is 7.96. The second-order valence-corrected chi connectivity index (χ2v) is 5.94. The molecule has 2 N–H and O–H groups in total. The Kier molecular flexibility index (Phi) is 6.00. The second-order valence-electron chi connectivity index (χ2n) is 5.06. The van der Waals surface area contributed by atoms with E-state index >= 15 is 0 Å². The van der Waals surface area contributed by atoms with Crippen LogP contribution in [0.5, 0.6) is 5.75 Å². The SMILES string of the molecule is CSN1CCC(NC(=O)Nc2ccc(OC(F)(F)F)cc2)CC1. The smallest absolute Gasteiger partial charge is 0.406 e. The van der Waals surface area contributed by atoms with Gasteiger partial charge in [0.2, 0.25) is 0 Å². The van der Waals surface area contributed by atoms with Crippen molar-refractivity contribution in [1.29, 1.82) is 0 Å². The van der Waals surface area contributed by atoms with Crippen LogP contribution in [0.3, 0.4) is 0 Å². The van der Waals surface area contributed by atoms with Crippen molar-refractivity contribution in [2.45, 2.75) is 25.2 Å². The zero-order valence-corrected chi connectivity index (χ0v) is 13.3. The summed E-state index contributed by atoms with van der Waals surface area (Å²) < 4.78 is 42.2. The predicted molar refractivity (Wildman–Crippen MR) is 83.4 cm³/mol. The predicted octanol–water partition coefficient (Wildman–Crippen LogP) is 3.45. The van der Waals surface area contributed by atoms with Gasteiger partial charge in [0.1, 0.15) is 5.75 Å². The molecule has 0 aliphatic carbocycles. The first kappa shape index (κ1) is 17.7. The molecular formula is C14H18F3N3O2S. The zero-order chi connectivity index (χ0) is 16.9. The van der Waals surface area contributed by atoms with E-state index in [1.54, 1.807) is 11.9 Å². The molecule has 0 aromatic heterocycles. The molecule has 5 nitrogen and oxygen atoms in total. The van der Waals surface area contributed by atoms with Gasteiger partial charge in [-0.25, -0.2) is 4.79 Å². The van der Waals surface area contributed by atoms with E-state index < -0.39 is 6.36 Å². The maximum atomic E-state index is 12.1. The molecule has 0 saturated carbocycles. The molecule has 9 heteroatoms. The van der Waals surface area contributed by atoms with Crippen molar-refractivity contribution in [2.75, 3.05) is 24.7 Å². The number of benzene rings is 1. The number of rotatable bonds is 4. The van der Waals surface area contributed by atoms with Gasteiger partial charge in [0, 0.05) is 24.8 Å². The molecule has 0 bridgehead atoms. The summed E-state index contributed by atoms with van der Waals surface area (Å²) >= 11 is 1.69. The zero-order valence-electron chi connectivity index (χ0n) is 12.5. The number of carbonyl (C=O) groups excluding carboxylic acids is 1. The van der Waals surface area contributed by atoms with Crippen LogP contribution in [0, 0.1) is 0 Å². The first-order chi connectivity index (χ1) is 10.9. The number of nitrogens with one attached hydrogen (secondary N) is 2. The molecule has 0 atom stereocenters. The Bertz CT molecular complexity index is 517. The third-order valence-electron chi connectivity index (χ3n) is 3.39. The first-order valence-corrected chi connectivity index (χ1v) is 8.26. The number of nitrogens with zero attached hydrogens (tertiary/aromatic N) is 1. The largest absolute Gasteiger partial charge is 0.573 e. The van der Waals surface area contributed by atoms with Crippen LogP contribution in [0.1, 0.15) is 12.8 Å². The molecular weight excluding hydrogens is 331 g/mol. The number of halogens is 3. The topological polar surface area (TPSA) is 53.6 Å². The van der Waals surface area contributed by atoms with Crippen LogP contribution >= 0.6 is 11.9 Å². The summed E-state index contributed by atoms with van der Waals surface area (Å²) in [5, 5.41) is 5.47. The van der Waals surface area contributed by atoms with E-state index in [9.17, 15) is 18.0 Å². The molecule has 1 fully saturated rings. The van der Waals surface area contributed by atoms with Gasteiger partial charge in [-0.15, -0.1) is 13.2 Å². The third kappa shape index (κ3) is 6.19. The van der Waals surface area contributed by atoms with Crippen LogP contribution in [0.4, 0.5) is 23.7 Å². The van der Waals surface area contributed by atoms with Gasteiger partial charge in [-0.05, 0) is 43.4 Å². The van der Waals surface area contributed by atoms with Crippen LogP contribution in [-0.2, 0) is 0 Å². The minimum atomic E-state index is -4.72. The van der Waals surface area contributed by atoms with Crippen LogP contribution in [0.15, 0.2) is 24.3 Å². The number of hydrogen-bond acceptors (Lipinski definition) is 4. The quantitative estimate of drug-likeness (QED) is 0.818. The Labute approximate surface area is 136 Å². The number of hydrogen-bond donors (Lipinski definition) is 2. The Balaban J connectivity index is 1.79. The second kappa shape index (κ2) is 7.78. The number of carbonyl (C=O) groups is 1. The summed E-state index contributed by atoms with van der Waals surface area (Å²) in [4.78, 5) is 11.9. The molecule has 1 aromatic rings. The van der Waals surface area contributed by atoms with Gasteiger partial charge >= 0.3 is 12.4 Å². The van der Waals surface area contributed by atoms with Crippen LogP contribution in [-0.4, -0.2) is 42.1 Å². The van der Waals surface area contributed by atoms with Gasteiger partial charge in [0.05, 0.1) is 0 Å². The number of amides is 2. The monoisotopic (exact) mass is 349 g/mol. The van der Waals surface area contributed by atoms with Gasteiger partial charge in [-0.1, -0.05) is 11.9 Å². The van der Waals surface area contributed by atoms with Crippen LogP contribution < -0.4 is 15.4 Å². The van der Waals surface area contributed by atoms with Gasteiger partial charge in [-0.3, -0.25) is 4.31 Å². The summed E-state index contributed by atoms with van der Waals surface area (Å²) in [6.07, 6.45) is -0.968. The van der Waals surface area contributed by atoms with Crippen molar-refractivity contribution >= 4 is 23.7 Å². The molecule has 128 valence electrons. The van der Waals surface area contributed by atoms with E-state index in [1.165, 1.54) is 12.1 Å². The van der Waals surface area contributed by atoms with Crippen molar-refractivity contribution in [3.8, 4) is 5.75 Å². The Morgan fingerprint density at radius 3 is 2.39 bits per heavy atom. The fraction of sp³-hybridized carbons (Fsp3) is 0.500. The number of anilines is 1. The van der Waals surface area contributed by atoms with E-state index in [4.69, 9.17) is 0 Å². The van der Waals surface area contributed by atoms with E-state index in [0.717, 1.165) is 38.1 Å². The van der Waals surface area contributed by atoms with Crippen molar-refractivity contribution in [2.24, 2.45) is 0 Å². The number of ether oxygens (including phenoxy) is 1. The van der Waals surface area contributed by atoms with Crippen molar-refractivity contribution in [3.63, 3.8) is 0 Å². The van der Waals surface area contributed by atoms with Gasteiger partial charge in [-0.2, -0.15) is 0 Å². The first-order valence-electron chi connectivity index (χ1n) is 7.08. The summed E-state index contributed by atoms with van der Waals surface area (Å²) in [6, 6.07) is 4.76. The van der Waals surface area contributed by atoms with Gasteiger partial charge in [0.15, 0.2) is 0 Å². The lowest BCUT2D eigenvalue weighted by molar-refractivity contribution is -0.274. The van der Waals surface area contributed by atoms with E-state index in [0.29, 0.717) is 5.69 Å². The molecule has 2 rings (SSSR count). The summed E-state index contributed by atoms with van der Waals surface area (Å²) in [5.41, 5.74) is 0.401. The minimum Gasteiger partial charge on any atom is -0.406 e. The highest BCUT2D eigenvalue weighted by Crippen LogP contribution is 2.24. The standard InChI is InChI=1S/C14H18F3N3O2S/c1-23-20-8-6-11(7-9-20)19-13(21)18-10-2-4-12(5-3-10)22-14(15,16)17/h2-5,11H,6-9H2,1H3,(H2,18,19,21). The maximum absolute atomic E-state index is 12.1. The molecule has 0 unspecified atom stereocenters. The molecule has 2 amide bonds. The Morgan fingerprint density at radius 1 is 1.26 bits per heavy atom. The molecule has 1 aliphatic heterocycles. The molecule has 0 radical (unpaired) electrons. The van der Waals surface area contributed by atoms with Crippen LogP contribution in [0.25, 0.3) is 0 Å². The fourth-order valence-electron chi connectivity index (χ4n) is 2.28. The highest BCUT2D eigenvalue weighted by atomic mass is 32.2. The minimum absolute atomic E-state index is 0.103. The normalized spacial score (nSPS) is 16.9. The summed E-state index contributed by atoms with van der Waals surface area (Å²) in [5.74, 6) is -0.326. The summed E-state index contributed by atoms with van der Waals surface area (Å²) in [6.45, 7) is 1.82. The van der Waals surface area contributed by atoms with E-state index in [1.807, 2.05) is 6.26 Å². The molecule has 0 spiro atoms. The lowest BCUT2D eigenvalue weighted by atomic mass is 10.1. The molecule has 1 heterocycles. The van der Waals surface area contributed by atoms with Crippen molar-refractivity contribution in [3.05, 3.63) is 24.3 Å². The lowest BCUT2D eigenvalue weighted by Gasteiger charge is -2.30. The maximum Gasteiger partial charge on any atom is 0.573 e. The average Bonchev–Trinajstić information content (AvgIpc) is 2.48. The van der Waals surface area contributed by atoms with E-state index in [2.05, 4.69) is 19.7 Å². The molecule has 1 aliphatic rings. The lowest BCUT2D eigenvalue weighted by Crippen LogP contribution is -2.44. The Hall–Kier alpha value is -1.61. The number of urea groups is 1. The average molecular weight is 349 g/mol. The van der Waals surface area contributed by atoms with Crippen LogP contribution in [0.2, 0.25) is 0 Å². The number of piperidine rings is 1. The van der Waals surface area contributed by atoms with Crippen molar-refractivity contribution < 1.29 is 22.7 Å². The number of alkyl halides is 3. The highest BCUT2D eigenvalue weighted by Gasteiger charge is 2.31. The fourth-order valence-corrected chi connectivity index (χ4v) is 2.85. The van der Waals surface area contributed by atoms with Gasteiger partial charge in [0.25, 0.3) is 0 Å². The molecule has 1 aromatic carbocycles. The van der Waals surface area contributed by atoms with E-state index in [-0.39, 0.29) is 17.8 Å². The third-order valence-corrected chi connectivity index (χ3v) is 4.27. The summed E-state index contributed by atoms with van der Waals surface area (Å²) in [7, 11) is 0. The van der Waals surface area contributed by atoms with Crippen molar-refractivity contribution in [1.82, 2.24) is 9.62 Å². The van der Waals surface area contributed by atoms with Gasteiger partial charge < -0.3 is 15.4 Å².